The number of aromatic amines is 1. The van der Waals surface area contributed by atoms with Gasteiger partial charge in [-0.3, -0.25) is 0 Å². The summed E-state index contributed by atoms with van der Waals surface area (Å²) in [5.74, 6) is 0. The van der Waals surface area contributed by atoms with E-state index in [-0.39, 0.29) is 0 Å². The second kappa shape index (κ2) is 5.00. The molecule has 2 heteroatoms. The molecule has 0 spiro atoms. The predicted octanol–water partition coefficient (Wildman–Crippen LogP) is 5.63. The van der Waals surface area contributed by atoms with Crippen molar-refractivity contribution in [2.75, 3.05) is 0 Å². The molecule has 0 aliphatic carbocycles. The Morgan fingerprint density at radius 1 is 0.833 bits per heavy atom. The summed E-state index contributed by atoms with van der Waals surface area (Å²) in [5.41, 5.74) is 7.65. The van der Waals surface area contributed by atoms with Crippen molar-refractivity contribution in [2.24, 2.45) is 0 Å². The molecule has 3 aromatic carbocycles. The zero-order valence-corrected chi connectivity index (χ0v) is 13.6. The third-order valence-electron chi connectivity index (χ3n) is 4.85. The lowest BCUT2D eigenvalue weighted by molar-refractivity contribution is 0.871. The lowest BCUT2D eigenvalue weighted by atomic mass is 10.2. The fraction of sp³-hybridized carbons (Fsp3) is 0.0909. The van der Waals surface area contributed by atoms with Crippen LogP contribution in [0.2, 0.25) is 0 Å². The Bertz CT molecular complexity index is 1180. The molecule has 2 nitrogen and oxygen atoms in total. The molecule has 0 radical (unpaired) electrons. The molecule has 0 aliphatic heterocycles. The normalized spacial score (nSPS) is 11.7. The van der Waals surface area contributed by atoms with Crippen LogP contribution in [0.3, 0.4) is 0 Å². The fourth-order valence-electron chi connectivity index (χ4n) is 3.73. The van der Waals surface area contributed by atoms with Crippen LogP contribution in [0.1, 0.15) is 11.1 Å². The van der Waals surface area contributed by atoms with Gasteiger partial charge in [-0.25, -0.2) is 0 Å². The van der Waals surface area contributed by atoms with Gasteiger partial charge in [0.25, 0.3) is 0 Å². The van der Waals surface area contributed by atoms with Crippen molar-refractivity contribution in [1.82, 2.24) is 9.55 Å². The molecule has 0 atom stereocenters. The zero-order chi connectivity index (χ0) is 16.1. The maximum atomic E-state index is 3.63. The number of hydrogen-bond donors (Lipinski definition) is 1. The van der Waals surface area contributed by atoms with Crippen LogP contribution in [0.25, 0.3) is 32.8 Å². The summed E-state index contributed by atoms with van der Waals surface area (Å²) in [5, 5.41) is 2.58. The van der Waals surface area contributed by atoms with Crippen LogP contribution in [0.4, 0.5) is 0 Å². The van der Waals surface area contributed by atoms with Gasteiger partial charge >= 0.3 is 0 Å². The molecule has 116 valence electrons. The maximum absolute atomic E-state index is 3.63. The largest absolute Gasteiger partial charge is 0.353 e. The highest BCUT2D eigenvalue weighted by molar-refractivity contribution is 6.17. The Kier molecular flexibility index (Phi) is 2.80. The SMILES string of the molecule is Cc1ccc2c3[nH]c4ccccc4c3n(Cc3ccccc3)c2c1. The molecule has 2 heterocycles. The Morgan fingerprint density at radius 2 is 1.62 bits per heavy atom. The van der Waals surface area contributed by atoms with E-state index in [9.17, 15) is 0 Å². The molecule has 0 unspecified atom stereocenters. The average molecular weight is 310 g/mol. The van der Waals surface area contributed by atoms with E-state index < -0.39 is 0 Å². The number of hydrogen-bond acceptors (Lipinski definition) is 0. The van der Waals surface area contributed by atoms with Crippen molar-refractivity contribution in [3.63, 3.8) is 0 Å². The van der Waals surface area contributed by atoms with Gasteiger partial charge in [-0.15, -0.1) is 0 Å². The van der Waals surface area contributed by atoms with Gasteiger partial charge in [0.05, 0.1) is 16.6 Å². The van der Waals surface area contributed by atoms with Gasteiger partial charge in [0.2, 0.25) is 0 Å². The first-order chi connectivity index (χ1) is 11.8. The van der Waals surface area contributed by atoms with E-state index in [1.165, 1.54) is 44.0 Å². The highest BCUT2D eigenvalue weighted by Gasteiger charge is 2.15. The predicted molar refractivity (Wildman–Crippen MR) is 102 cm³/mol. The minimum Gasteiger partial charge on any atom is -0.353 e. The number of para-hydroxylation sites is 1. The number of benzene rings is 3. The average Bonchev–Trinajstić information content (AvgIpc) is 3.12. The van der Waals surface area contributed by atoms with Crippen molar-refractivity contribution < 1.29 is 0 Å². The molecule has 0 amide bonds. The van der Waals surface area contributed by atoms with Crippen molar-refractivity contribution >= 4 is 32.8 Å². The van der Waals surface area contributed by atoms with E-state index in [0.717, 1.165) is 6.54 Å². The van der Waals surface area contributed by atoms with E-state index in [2.05, 4.69) is 89.3 Å². The fourth-order valence-corrected chi connectivity index (χ4v) is 3.73. The summed E-state index contributed by atoms with van der Waals surface area (Å²) < 4.78 is 2.45. The first-order valence-electron chi connectivity index (χ1n) is 8.34. The minimum atomic E-state index is 0.881. The Morgan fingerprint density at radius 3 is 2.50 bits per heavy atom. The second-order valence-electron chi connectivity index (χ2n) is 6.49. The van der Waals surface area contributed by atoms with Gasteiger partial charge in [0.1, 0.15) is 0 Å². The molecule has 5 aromatic rings. The van der Waals surface area contributed by atoms with Gasteiger partial charge in [-0.1, -0.05) is 60.7 Å². The number of nitrogens with one attached hydrogen (secondary N) is 1. The van der Waals surface area contributed by atoms with E-state index in [4.69, 9.17) is 0 Å². The number of aryl methyl sites for hydroxylation is 1. The van der Waals surface area contributed by atoms with Crippen LogP contribution < -0.4 is 0 Å². The number of H-pyrrole nitrogens is 1. The van der Waals surface area contributed by atoms with Crippen molar-refractivity contribution in [1.29, 1.82) is 0 Å². The molecular formula is C22H18N2. The zero-order valence-electron chi connectivity index (χ0n) is 13.6. The first kappa shape index (κ1) is 13.4. The van der Waals surface area contributed by atoms with Crippen LogP contribution in [-0.2, 0) is 6.54 Å². The first-order valence-corrected chi connectivity index (χ1v) is 8.34. The highest BCUT2D eigenvalue weighted by atomic mass is 15.0. The highest BCUT2D eigenvalue weighted by Crippen LogP contribution is 2.35. The van der Waals surface area contributed by atoms with Gasteiger partial charge in [0, 0.05) is 22.8 Å². The summed E-state index contributed by atoms with van der Waals surface area (Å²) in [6, 6.07) is 26.0. The van der Waals surface area contributed by atoms with Gasteiger partial charge in [-0.05, 0) is 30.2 Å². The Labute approximate surface area is 140 Å². The maximum Gasteiger partial charge on any atom is 0.0754 e. The monoisotopic (exact) mass is 310 g/mol. The van der Waals surface area contributed by atoms with Gasteiger partial charge < -0.3 is 9.55 Å². The molecule has 0 bridgehead atoms. The quantitative estimate of drug-likeness (QED) is 0.436. The summed E-state index contributed by atoms with van der Waals surface area (Å²) in [6.07, 6.45) is 0. The van der Waals surface area contributed by atoms with Crippen LogP contribution in [0.5, 0.6) is 0 Å². The number of aromatic nitrogens is 2. The summed E-state index contributed by atoms with van der Waals surface area (Å²) >= 11 is 0. The van der Waals surface area contributed by atoms with Crippen molar-refractivity contribution in [2.45, 2.75) is 13.5 Å². The molecule has 0 fully saturated rings. The number of nitrogens with zero attached hydrogens (tertiary/aromatic N) is 1. The van der Waals surface area contributed by atoms with E-state index in [0.29, 0.717) is 0 Å². The summed E-state index contributed by atoms with van der Waals surface area (Å²) in [6.45, 7) is 3.04. The molecule has 0 saturated heterocycles. The number of fused-ring (bicyclic) bond motifs is 5. The molecule has 0 saturated carbocycles. The minimum absolute atomic E-state index is 0.881. The Balaban J connectivity index is 1.90. The molecule has 2 aromatic heterocycles. The van der Waals surface area contributed by atoms with Crippen LogP contribution in [-0.4, -0.2) is 9.55 Å². The van der Waals surface area contributed by atoms with E-state index >= 15 is 0 Å². The Hall–Kier alpha value is -3.00. The standard InChI is InChI=1S/C22H18N2/c1-15-11-12-18-20(13-15)24(14-16-7-3-2-4-8-16)22-17-9-5-6-10-19(17)23-21(18)22/h2-13,23H,14H2,1H3. The van der Waals surface area contributed by atoms with Crippen LogP contribution >= 0.6 is 0 Å². The molecule has 24 heavy (non-hydrogen) atoms. The topological polar surface area (TPSA) is 20.7 Å². The molecule has 0 aliphatic rings. The van der Waals surface area contributed by atoms with Crippen LogP contribution in [0, 0.1) is 6.92 Å². The summed E-state index contributed by atoms with van der Waals surface area (Å²) in [4.78, 5) is 3.63. The van der Waals surface area contributed by atoms with Crippen LogP contribution in [0.15, 0.2) is 72.8 Å². The second-order valence-corrected chi connectivity index (χ2v) is 6.49. The molecule has 5 rings (SSSR count). The van der Waals surface area contributed by atoms with Crippen molar-refractivity contribution in [3.8, 4) is 0 Å². The lowest BCUT2D eigenvalue weighted by Crippen LogP contribution is -1.99. The van der Waals surface area contributed by atoms with E-state index in [1.807, 2.05) is 0 Å². The van der Waals surface area contributed by atoms with Crippen molar-refractivity contribution in [3.05, 3.63) is 83.9 Å². The van der Waals surface area contributed by atoms with E-state index in [1.54, 1.807) is 0 Å². The number of rotatable bonds is 2. The lowest BCUT2D eigenvalue weighted by Gasteiger charge is -2.08. The smallest absolute Gasteiger partial charge is 0.0754 e. The van der Waals surface area contributed by atoms with Gasteiger partial charge in [0.15, 0.2) is 0 Å². The third-order valence-corrected chi connectivity index (χ3v) is 4.85. The van der Waals surface area contributed by atoms with Gasteiger partial charge in [-0.2, -0.15) is 0 Å². The summed E-state index contributed by atoms with van der Waals surface area (Å²) in [7, 11) is 0. The third kappa shape index (κ3) is 1.89. The molecule has 1 N–H and O–H groups in total. The molecular weight excluding hydrogens is 292 g/mol.